The van der Waals surface area contributed by atoms with Gasteiger partial charge >= 0.3 is 5.97 Å². The number of carboxylic acids is 1. The highest BCUT2D eigenvalue weighted by Gasteiger charge is 2.14. The van der Waals surface area contributed by atoms with Gasteiger partial charge in [0.2, 0.25) is 5.91 Å². The van der Waals surface area contributed by atoms with E-state index in [2.05, 4.69) is 5.32 Å². The summed E-state index contributed by atoms with van der Waals surface area (Å²) in [5, 5.41) is 11.6. The number of aromatic carboxylic acids is 1. The number of ether oxygens (including phenoxy) is 1. The Morgan fingerprint density at radius 1 is 1.45 bits per heavy atom. The second-order valence-electron chi connectivity index (χ2n) is 4.57. The van der Waals surface area contributed by atoms with Crippen LogP contribution >= 0.6 is 0 Å². The summed E-state index contributed by atoms with van der Waals surface area (Å²) in [5.74, 6) is -1.36. The molecule has 1 amide bonds. The summed E-state index contributed by atoms with van der Waals surface area (Å²) in [7, 11) is 1.59. The summed E-state index contributed by atoms with van der Waals surface area (Å²) >= 11 is 0. The van der Waals surface area contributed by atoms with E-state index >= 15 is 0 Å². The second-order valence-corrected chi connectivity index (χ2v) is 4.57. The first-order valence-electron chi connectivity index (χ1n) is 6.35. The van der Waals surface area contributed by atoms with Gasteiger partial charge in [0, 0.05) is 19.4 Å². The molecule has 0 aromatic heterocycles. The number of rotatable bonds is 7. The number of anilines is 1. The lowest BCUT2D eigenvalue weighted by molar-refractivity contribution is -0.117. The molecule has 0 saturated heterocycles. The van der Waals surface area contributed by atoms with Gasteiger partial charge in [-0.25, -0.2) is 4.79 Å². The normalized spacial score (nSPS) is 11.9. The minimum Gasteiger partial charge on any atom is -0.478 e. The van der Waals surface area contributed by atoms with Crippen molar-refractivity contribution < 1.29 is 19.4 Å². The molecule has 6 heteroatoms. The highest BCUT2D eigenvalue weighted by molar-refractivity contribution is 5.97. The van der Waals surface area contributed by atoms with Crippen LogP contribution in [0.3, 0.4) is 0 Å². The topological polar surface area (TPSA) is 102 Å². The van der Waals surface area contributed by atoms with E-state index in [1.807, 2.05) is 0 Å². The molecule has 1 aromatic rings. The third-order valence-electron chi connectivity index (χ3n) is 2.94. The van der Waals surface area contributed by atoms with Crippen LogP contribution in [0.25, 0.3) is 0 Å². The van der Waals surface area contributed by atoms with Crippen molar-refractivity contribution in [2.75, 3.05) is 19.0 Å². The SMILES string of the molecule is COCCCC(N)C(=O)Nc1ccc(C)c(C(=O)O)c1. The second kappa shape index (κ2) is 7.62. The molecule has 0 saturated carbocycles. The van der Waals surface area contributed by atoms with Gasteiger partial charge in [-0.05, 0) is 37.5 Å². The number of amides is 1. The number of nitrogens with one attached hydrogen (secondary N) is 1. The minimum atomic E-state index is -1.03. The Labute approximate surface area is 117 Å². The van der Waals surface area contributed by atoms with Gasteiger partial charge in [-0.1, -0.05) is 6.07 Å². The number of hydrogen-bond donors (Lipinski definition) is 3. The molecule has 6 nitrogen and oxygen atoms in total. The lowest BCUT2D eigenvalue weighted by Crippen LogP contribution is -2.35. The van der Waals surface area contributed by atoms with E-state index in [1.165, 1.54) is 6.07 Å². The molecule has 0 heterocycles. The Balaban J connectivity index is 2.66. The first kappa shape index (κ1) is 16.1. The molecular weight excluding hydrogens is 260 g/mol. The van der Waals surface area contributed by atoms with E-state index in [0.717, 1.165) is 0 Å². The molecule has 0 aliphatic rings. The predicted octanol–water partition coefficient (Wildman–Crippen LogP) is 1.39. The van der Waals surface area contributed by atoms with Crippen LogP contribution in [0.2, 0.25) is 0 Å². The molecule has 0 aliphatic carbocycles. The van der Waals surface area contributed by atoms with Gasteiger partial charge in [0.15, 0.2) is 0 Å². The van der Waals surface area contributed by atoms with Gasteiger partial charge in [0.05, 0.1) is 11.6 Å². The quantitative estimate of drug-likeness (QED) is 0.655. The maximum Gasteiger partial charge on any atom is 0.336 e. The van der Waals surface area contributed by atoms with Crippen molar-refractivity contribution in [3.63, 3.8) is 0 Å². The van der Waals surface area contributed by atoms with Crippen molar-refractivity contribution in [3.8, 4) is 0 Å². The van der Waals surface area contributed by atoms with E-state index in [9.17, 15) is 9.59 Å². The van der Waals surface area contributed by atoms with Crippen molar-refractivity contribution in [2.45, 2.75) is 25.8 Å². The van der Waals surface area contributed by atoms with Gasteiger partial charge in [-0.2, -0.15) is 0 Å². The Hall–Kier alpha value is -1.92. The molecule has 1 rings (SSSR count). The third-order valence-corrected chi connectivity index (χ3v) is 2.94. The van der Waals surface area contributed by atoms with E-state index in [0.29, 0.717) is 30.7 Å². The van der Waals surface area contributed by atoms with Gasteiger partial charge < -0.3 is 20.9 Å². The standard InChI is InChI=1S/C14H20N2O4/c1-9-5-6-10(8-11(9)14(18)19)16-13(17)12(15)4-3-7-20-2/h5-6,8,12H,3-4,7,15H2,1-2H3,(H,16,17)(H,18,19). The Morgan fingerprint density at radius 3 is 2.75 bits per heavy atom. The Kier molecular flexibility index (Phi) is 6.14. The fourth-order valence-corrected chi connectivity index (χ4v) is 1.74. The zero-order valence-electron chi connectivity index (χ0n) is 11.7. The molecule has 20 heavy (non-hydrogen) atoms. The third kappa shape index (κ3) is 4.64. The molecule has 1 unspecified atom stereocenters. The molecule has 1 atom stereocenters. The van der Waals surface area contributed by atoms with Crippen LogP contribution in [0.1, 0.15) is 28.8 Å². The van der Waals surface area contributed by atoms with E-state index in [-0.39, 0.29) is 11.5 Å². The molecule has 0 aliphatic heterocycles. The number of benzene rings is 1. The highest BCUT2D eigenvalue weighted by atomic mass is 16.5. The van der Waals surface area contributed by atoms with Crippen LogP contribution in [0.4, 0.5) is 5.69 Å². The number of carboxylic acid groups (broad SMARTS) is 1. The average Bonchev–Trinajstić information content (AvgIpc) is 2.40. The summed E-state index contributed by atoms with van der Waals surface area (Å²) in [4.78, 5) is 22.9. The van der Waals surface area contributed by atoms with Crippen molar-refractivity contribution in [1.82, 2.24) is 0 Å². The van der Waals surface area contributed by atoms with Crippen molar-refractivity contribution >= 4 is 17.6 Å². The smallest absolute Gasteiger partial charge is 0.336 e. The highest BCUT2D eigenvalue weighted by Crippen LogP contribution is 2.15. The average molecular weight is 280 g/mol. The summed E-state index contributed by atoms with van der Waals surface area (Å²) in [6.45, 7) is 2.25. The fraction of sp³-hybridized carbons (Fsp3) is 0.429. The first-order valence-corrected chi connectivity index (χ1v) is 6.35. The number of carbonyl (C=O) groups excluding carboxylic acids is 1. The predicted molar refractivity (Wildman–Crippen MR) is 75.9 cm³/mol. The van der Waals surface area contributed by atoms with Gasteiger partial charge in [-0.15, -0.1) is 0 Å². The molecule has 0 bridgehead atoms. The van der Waals surface area contributed by atoms with Crippen LogP contribution in [-0.4, -0.2) is 36.7 Å². The Bertz CT molecular complexity index is 488. The lowest BCUT2D eigenvalue weighted by Gasteiger charge is -2.13. The molecule has 110 valence electrons. The zero-order chi connectivity index (χ0) is 15.1. The summed E-state index contributed by atoms with van der Waals surface area (Å²) < 4.78 is 4.89. The lowest BCUT2D eigenvalue weighted by atomic mass is 10.1. The monoisotopic (exact) mass is 280 g/mol. The summed E-state index contributed by atoms with van der Waals surface area (Å²) in [5.41, 5.74) is 6.98. The van der Waals surface area contributed by atoms with E-state index in [4.69, 9.17) is 15.6 Å². The van der Waals surface area contributed by atoms with Crippen LogP contribution < -0.4 is 11.1 Å². The maximum absolute atomic E-state index is 11.8. The number of nitrogens with two attached hydrogens (primary N) is 1. The zero-order valence-corrected chi connectivity index (χ0v) is 11.7. The van der Waals surface area contributed by atoms with Crippen molar-refractivity contribution in [2.24, 2.45) is 5.73 Å². The van der Waals surface area contributed by atoms with Crippen LogP contribution in [0, 0.1) is 6.92 Å². The number of carbonyl (C=O) groups is 2. The number of methoxy groups -OCH3 is 1. The maximum atomic E-state index is 11.8. The summed E-state index contributed by atoms with van der Waals surface area (Å²) in [6, 6.07) is 4.09. The molecule has 1 aromatic carbocycles. The van der Waals surface area contributed by atoms with Gasteiger partial charge in [0.25, 0.3) is 0 Å². The molecule has 0 fully saturated rings. The van der Waals surface area contributed by atoms with Crippen molar-refractivity contribution in [3.05, 3.63) is 29.3 Å². The minimum absolute atomic E-state index is 0.163. The van der Waals surface area contributed by atoms with Crippen molar-refractivity contribution in [1.29, 1.82) is 0 Å². The van der Waals surface area contributed by atoms with Gasteiger partial charge in [0.1, 0.15) is 0 Å². The Morgan fingerprint density at radius 2 is 2.15 bits per heavy atom. The van der Waals surface area contributed by atoms with Crippen LogP contribution in [0.15, 0.2) is 18.2 Å². The first-order chi connectivity index (χ1) is 9.45. The van der Waals surface area contributed by atoms with Crippen LogP contribution in [0.5, 0.6) is 0 Å². The van der Waals surface area contributed by atoms with Gasteiger partial charge in [-0.3, -0.25) is 4.79 Å². The number of aryl methyl sites for hydroxylation is 1. The molecular formula is C14H20N2O4. The van der Waals surface area contributed by atoms with E-state index < -0.39 is 12.0 Å². The van der Waals surface area contributed by atoms with E-state index in [1.54, 1.807) is 26.2 Å². The fourth-order valence-electron chi connectivity index (χ4n) is 1.74. The molecule has 0 radical (unpaired) electrons. The molecule has 4 N–H and O–H groups in total. The largest absolute Gasteiger partial charge is 0.478 e. The summed E-state index contributed by atoms with van der Waals surface area (Å²) in [6.07, 6.45) is 1.21. The molecule has 0 spiro atoms. The number of hydrogen-bond acceptors (Lipinski definition) is 4. The van der Waals surface area contributed by atoms with Crippen LogP contribution in [-0.2, 0) is 9.53 Å².